The summed E-state index contributed by atoms with van der Waals surface area (Å²) in [5.74, 6) is 1.30. The zero-order chi connectivity index (χ0) is 19.0. The van der Waals surface area contributed by atoms with Crippen molar-refractivity contribution in [1.29, 1.82) is 0 Å². The highest BCUT2D eigenvalue weighted by Crippen LogP contribution is 2.49. The van der Waals surface area contributed by atoms with Crippen LogP contribution in [0.5, 0.6) is 23.0 Å². The van der Waals surface area contributed by atoms with Crippen molar-refractivity contribution in [3.8, 4) is 23.0 Å². The Morgan fingerprint density at radius 3 is 2.37 bits per heavy atom. The van der Waals surface area contributed by atoms with E-state index in [1.165, 1.54) is 7.11 Å². The van der Waals surface area contributed by atoms with E-state index in [4.69, 9.17) is 14.2 Å². The lowest BCUT2D eigenvalue weighted by atomic mass is 9.80. The van der Waals surface area contributed by atoms with Crippen LogP contribution < -0.4 is 9.47 Å². The van der Waals surface area contributed by atoms with Gasteiger partial charge in [-0.3, -0.25) is 0 Å². The molecule has 5 heteroatoms. The van der Waals surface area contributed by atoms with Gasteiger partial charge in [0.05, 0.1) is 19.8 Å². The minimum atomic E-state index is -0.396. The van der Waals surface area contributed by atoms with E-state index < -0.39 is 5.97 Å². The number of hydrogen-bond donors (Lipinski definition) is 1. The molecule has 136 valence electrons. The lowest BCUT2D eigenvalue weighted by Crippen LogP contribution is -2.15. The Hall–Kier alpha value is -3.47. The van der Waals surface area contributed by atoms with Crippen LogP contribution in [0.3, 0.4) is 0 Å². The minimum Gasteiger partial charge on any atom is -0.508 e. The normalized spacial score (nSPS) is 14.5. The van der Waals surface area contributed by atoms with Crippen molar-refractivity contribution in [1.82, 2.24) is 0 Å². The van der Waals surface area contributed by atoms with Crippen LogP contribution in [0.15, 0.2) is 60.7 Å². The molecule has 0 radical (unpaired) electrons. The molecule has 1 heterocycles. The number of carbonyl (C=O) groups is 1. The molecule has 4 rings (SSSR count). The number of aromatic hydroxyl groups is 1. The number of phenolic OH excluding ortho intramolecular Hbond substituents is 1. The third-order valence-corrected chi connectivity index (χ3v) is 4.74. The Morgan fingerprint density at radius 1 is 0.926 bits per heavy atom. The smallest absolute Gasteiger partial charge is 0.338 e. The highest BCUT2D eigenvalue weighted by molar-refractivity contribution is 5.92. The molecule has 0 amide bonds. The number of hydrogen-bond acceptors (Lipinski definition) is 5. The maximum absolute atomic E-state index is 12.3. The summed E-state index contributed by atoms with van der Waals surface area (Å²) < 4.78 is 16.3. The fraction of sp³-hybridized carbons (Fsp3) is 0.136. The first-order valence-corrected chi connectivity index (χ1v) is 8.48. The third-order valence-electron chi connectivity index (χ3n) is 4.74. The Balaban J connectivity index is 1.97. The number of methoxy groups -OCH3 is 2. The summed E-state index contributed by atoms with van der Waals surface area (Å²) in [6.07, 6.45) is 0. The molecular weight excluding hydrogens is 344 g/mol. The lowest BCUT2D eigenvalue weighted by molar-refractivity contribution is 0.0599. The molecule has 3 aromatic rings. The van der Waals surface area contributed by atoms with E-state index in [9.17, 15) is 9.90 Å². The molecule has 0 saturated carbocycles. The predicted molar refractivity (Wildman–Crippen MR) is 99.9 cm³/mol. The molecule has 0 spiro atoms. The first-order valence-electron chi connectivity index (χ1n) is 8.48. The standard InChI is InChI=1S/C22H18O5/c1-25-14-8-10-18-20(12-14)27-19-11-13(23)7-9-17(19)21(18)15-5-3-4-6-16(15)22(24)26-2/h3-12,21,23H,1-2H3. The summed E-state index contributed by atoms with van der Waals surface area (Å²) in [5.41, 5.74) is 3.07. The van der Waals surface area contributed by atoms with Crippen LogP contribution in [0.1, 0.15) is 33.0 Å². The molecule has 3 aromatic carbocycles. The van der Waals surface area contributed by atoms with E-state index in [1.807, 2.05) is 36.4 Å². The number of benzene rings is 3. The molecule has 0 fully saturated rings. The highest BCUT2D eigenvalue weighted by atomic mass is 16.5. The lowest BCUT2D eigenvalue weighted by Gasteiger charge is -2.30. The van der Waals surface area contributed by atoms with Crippen LogP contribution in [0.4, 0.5) is 0 Å². The molecule has 1 unspecified atom stereocenters. The van der Waals surface area contributed by atoms with Crippen LogP contribution in [0.25, 0.3) is 0 Å². The number of rotatable bonds is 3. The van der Waals surface area contributed by atoms with Crippen LogP contribution >= 0.6 is 0 Å². The number of esters is 1. The maximum atomic E-state index is 12.3. The Kier molecular flexibility index (Phi) is 4.20. The van der Waals surface area contributed by atoms with Gasteiger partial charge >= 0.3 is 5.97 Å². The average Bonchev–Trinajstić information content (AvgIpc) is 2.70. The fourth-order valence-corrected chi connectivity index (χ4v) is 3.48. The van der Waals surface area contributed by atoms with E-state index >= 15 is 0 Å². The Labute approximate surface area is 156 Å². The fourth-order valence-electron chi connectivity index (χ4n) is 3.48. The van der Waals surface area contributed by atoms with Gasteiger partial charge in [0, 0.05) is 29.2 Å². The highest BCUT2D eigenvalue weighted by Gasteiger charge is 2.32. The van der Waals surface area contributed by atoms with Crippen molar-refractivity contribution in [3.63, 3.8) is 0 Å². The van der Waals surface area contributed by atoms with Crippen molar-refractivity contribution in [2.75, 3.05) is 14.2 Å². The van der Waals surface area contributed by atoms with Crippen LogP contribution in [-0.4, -0.2) is 25.3 Å². The SMILES string of the molecule is COC(=O)c1ccccc1C1c2ccc(O)cc2Oc2cc(OC)ccc21. The molecule has 27 heavy (non-hydrogen) atoms. The van der Waals surface area contributed by atoms with Gasteiger partial charge in [0.25, 0.3) is 0 Å². The first-order chi connectivity index (χ1) is 13.1. The van der Waals surface area contributed by atoms with Crippen molar-refractivity contribution in [2.45, 2.75) is 5.92 Å². The van der Waals surface area contributed by atoms with Crippen molar-refractivity contribution >= 4 is 5.97 Å². The summed E-state index contributed by atoms with van der Waals surface area (Å²) in [6.45, 7) is 0. The van der Waals surface area contributed by atoms with Gasteiger partial charge < -0.3 is 19.3 Å². The van der Waals surface area contributed by atoms with Crippen LogP contribution in [0, 0.1) is 0 Å². The van der Waals surface area contributed by atoms with Gasteiger partial charge in [-0.15, -0.1) is 0 Å². The van der Waals surface area contributed by atoms with Gasteiger partial charge in [-0.05, 0) is 23.8 Å². The second-order valence-corrected chi connectivity index (χ2v) is 6.24. The van der Waals surface area contributed by atoms with E-state index in [1.54, 1.807) is 31.4 Å². The average molecular weight is 362 g/mol. The summed E-state index contributed by atoms with van der Waals surface area (Å²) in [4.78, 5) is 12.3. The summed E-state index contributed by atoms with van der Waals surface area (Å²) >= 11 is 0. The van der Waals surface area contributed by atoms with Crippen molar-refractivity contribution < 1.29 is 24.1 Å². The molecule has 5 nitrogen and oxygen atoms in total. The van der Waals surface area contributed by atoms with Gasteiger partial charge in [0.2, 0.25) is 0 Å². The quantitative estimate of drug-likeness (QED) is 0.545. The molecule has 0 aromatic heterocycles. The van der Waals surface area contributed by atoms with E-state index in [0.29, 0.717) is 22.8 Å². The zero-order valence-corrected chi connectivity index (χ0v) is 14.9. The largest absolute Gasteiger partial charge is 0.508 e. The molecule has 0 saturated heterocycles. The molecule has 1 aliphatic heterocycles. The van der Waals surface area contributed by atoms with Crippen LogP contribution in [0.2, 0.25) is 0 Å². The number of phenols is 1. The van der Waals surface area contributed by atoms with Gasteiger partial charge in [0.15, 0.2) is 0 Å². The minimum absolute atomic E-state index is 0.111. The van der Waals surface area contributed by atoms with E-state index in [2.05, 4.69) is 0 Å². The number of fused-ring (bicyclic) bond motifs is 2. The van der Waals surface area contributed by atoms with E-state index in [0.717, 1.165) is 16.7 Å². The number of carbonyl (C=O) groups excluding carboxylic acids is 1. The molecule has 0 aliphatic carbocycles. The predicted octanol–water partition coefficient (Wildman–Crippen LogP) is 4.47. The topological polar surface area (TPSA) is 65.0 Å². The van der Waals surface area contributed by atoms with Gasteiger partial charge in [-0.25, -0.2) is 4.79 Å². The second-order valence-electron chi connectivity index (χ2n) is 6.24. The monoisotopic (exact) mass is 362 g/mol. The summed E-state index contributed by atoms with van der Waals surface area (Å²) in [7, 11) is 2.96. The maximum Gasteiger partial charge on any atom is 0.338 e. The van der Waals surface area contributed by atoms with Crippen LogP contribution in [-0.2, 0) is 4.74 Å². The zero-order valence-electron chi connectivity index (χ0n) is 14.9. The summed E-state index contributed by atoms with van der Waals surface area (Å²) in [5, 5.41) is 9.90. The Morgan fingerprint density at radius 2 is 1.63 bits per heavy atom. The molecule has 1 N–H and O–H groups in total. The van der Waals surface area contributed by atoms with Gasteiger partial charge in [-0.1, -0.05) is 30.3 Å². The third kappa shape index (κ3) is 2.87. The molecule has 1 aliphatic rings. The second kappa shape index (κ2) is 6.68. The Bertz CT molecular complexity index is 1020. The van der Waals surface area contributed by atoms with Gasteiger partial charge in [0.1, 0.15) is 23.0 Å². The van der Waals surface area contributed by atoms with Crippen molar-refractivity contribution in [2.24, 2.45) is 0 Å². The molecule has 1 atom stereocenters. The van der Waals surface area contributed by atoms with Crippen molar-refractivity contribution in [3.05, 3.63) is 82.9 Å². The number of ether oxygens (including phenoxy) is 3. The van der Waals surface area contributed by atoms with E-state index in [-0.39, 0.29) is 11.7 Å². The summed E-state index contributed by atoms with van der Waals surface area (Å²) in [6, 6.07) is 18.0. The molecular formula is C22H18O5. The molecule has 0 bridgehead atoms. The first kappa shape index (κ1) is 17.0. The van der Waals surface area contributed by atoms with Gasteiger partial charge in [-0.2, -0.15) is 0 Å².